The molecule has 0 bridgehead atoms. The molecule has 0 N–H and O–H groups in total. The van der Waals surface area contributed by atoms with Crippen LogP contribution in [0.25, 0.3) is 0 Å². The minimum atomic E-state index is -0.805. The molecule has 78 heavy (non-hydrogen) atoms. The zero-order valence-electron chi connectivity index (χ0n) is 50.1. The normalized spacial score (nSPS) is 13.2. The van der Waals surface area contributed by atoms with Crippen LogP contribution in [0.4, 0.5) is 0 Å². The molecule has 0 fully saturated rings. The molecule has 0 aromatic heterocycles. The monoisotopic (exact) mass is 1070 g/mol. The lowest BCUT2D eigenvalue weighted by Crippen LogP contribution is -2.30. The molecule has 0 aromatic carbocycles. The molecule has 0 aromatic rings. The second-order valence-electron chi connectivity index (χ2n) is 20.2. The van der Waals surface area contributed by atoms with Gasteiger partial charge in [-0.25, -0.2) is 0 Å². The molecule has 0 spiro atoms. The van der Waals surface area contributed by atoms with Crippen molar-refractivity contribution in [1.82, 2.24) is 0 Å². The maximum Gasteiger partial charge on any atom is 0.306 e. The van der Waals surface area contributed by atoms with Crippen molar-refractivity contribution in [2.75, 3.05) is 13.2 Å². The van der Waals surface area contributed by atoms with E-state index in [9.17, 15) is 14.4 Å². The smallest absolute Gasteiger partial charge is 0.306 e. The first-order chi connectivity index (χ1) is 38.5. The van der Waals surface area contributed by atoms with Gasteiger partial charge in [-0.05, 0) is 148 Å². The summed E-state index contributed by atoms with van der Waals surface area (Å²) in [4.78, 5) is 38.1. The van der Waals surface area contributed by atoms with E-state index in [0.717, 1.165) is 180 Å². The number of carbonyl (C=O) groups excluding carboxylic acids is 3. The zero-order valence-corrected chi connectivity index (χ0v) is 50.1. The van der Waals surface area contributed by atoms with Crippen molar-refractivity contribution < 1.29 is 28.6 Å². The Labute approximate surface area is 480 Å². The standard InChI is InChI=1S/C72H114O6/c1-4-7-10-13-16-19-22-25-26-27-28-29-30-31-32-33-34-35-36-37-38-39-40-41-42-43-44-45-46-48-50-53-56-59-62-65-71(74)77-68-69(67-76-70(73)64-61-58-55-52-49-24-21-18-15-12-9-6-3)78-72(75)66-63-60-57-54-51-47-23-20-17-14-11-8-5-2/h7,10-11,14,16,18-21,23,25-26,28-29,31-32,34-35,37-38,40-41,43-44,46,48,69H,4-6,8-9,12-13,15,17,22,24,27,30,33,36,39,42,45,47,49-68H2,1-3H3/b10-7-,14-11-,19-16-,21-18-,23-20-,26-25-,29-28-,32-31-,35-34-,38-37-,41-40-,44-43-,48-46-. The van der Waals surface area contributed by atoms with Gasteiger partial charge in [-0.15, -0.1) is 0 Å². The topological polar surface area (TPSA) is 78.9 Å². The molecule has 0 radical (unpaired) electrons. The number of rotatable bonds is 55. The van der Waals surface area contributed by atoms with Crippen molar-refractivity contribution in [2.45, 2.75) is 264 Å². The van der Waals surface area contributed by atoms with Crippen LogP contribution in [0.5, 0.6) is 0 Å². The minimum Gasteiger partial charge on any atom is -0.462 e. The van der Waals surface area contributed by atoms with Crippen LogP contribution in [0.1, 0.15) is 258 Å². The van der Waals surface area contributed by atoms with Crippen LogP contribution >= 0.6 is 0 Å². The van der Waals surface area contributed by atoms with Crippen LogP contribution in [0.15, 0.2) is 158 Å². The van der Waals surface area contributed by atoms with Gasteiger partial charge in [0.15, 0.2) is 6.10 Å². The Bertz CT molecular complexity index is 1760. The van der Waals surface area contributed by atoms with Gasteiger partial charge in [0, 0.05) is 19.3 Å². The third-order valence-corrected chi connectivity index (χ3v) is 12.7. The van der Waals surface area contributed by atoms with Gasteiger partial charge >= 0.3 is 17.9 Å². The summed E-state index contributed by atoms with van der Waals surface area (Å²) < 4.78 is 16.8. The molecule has 0 aliphatic carbocycles. The molecule has 0 aliphatic rings. The Balaban J connectivity index is 4.30. The summed E-state index contributed by atoms with van der Waals surface area (Å²) in [6.07, 6.45) is 94.0. The van der Waals surface area contributed by atoms with Crippen LogP contribution in [-0.2, 0) is 28.6 Å². The van der Waals surface area contributed by atoms with Crippen LogP contribution in [0, 0.1) is 0 Å². The molecule has 0 rings (SSSR count). The maximum atomic E-state index is 12.8. The summed E-state index contributed by atoms with van der Waals surface area (Å²) in [7, 11) is 0. The Kier molecular flexibility index (Phi) is 60.4. The predicted octanol–water partition coefficient (Wildman–Crippen LogP) is 21.7. The van der Waals surface area contributed by atoms with Crippen LogP contribution in [0.3, 0.4) is 0 Å². The number of carbonyl (C=O) groups is 3. The highest BCUT2D eigenvalue weighted by atomic mass is 16.6. The first kappa shape index (κ1) is 73.0. The molecule has 1 atom stereocenters. The molecule has 0 aliphatic heterocycles. The van der Waals surface area contributed by atoms with Gasteiger partial charge < -0.3 is 14.2 Å². The van der Waals surface area contributed by atoms with Crippen molar-refractivity contribution >= 4 is 17.9 Å². The van der Waals surface area contributed by atoms with E-state index >= 15 is 0 Å². The van der Waals surface area contributed by atoms with Gasteiger partial charge in [0.1, 0.15) is 13.2 Å². The fraction of sp³-hybridized carbons (Fsp3) is 0.597. The number of unbranched alkanes of at least 4 members (excludes halogenated alkanes) is 18. The molecule has 0 saturated carbocycles. The van der Waals surface area contributed by atoms with Gasteiger partial charge in [-0.2, -0.15) is 0 Å². The molecular formula is C72H114O6. The predicted molar refractivity (Wildman–Crippen MR) is 338 cm³/mol. The number of esters is 3. The quantitative estimate of drug-likeness (QED) is 0.0261. The Morgan fingerprint density at radius 2 is 0.526 bits per heavy atom. The fourth-order valence-corrected chi connectivity index (χ4v) is 8.03. The second kappa shape index (κ2) is 64.6. The minimum absolute atomic E-state index is 0.101. The van der Waals surface area contributed by atoms with Crippen molar-refractivity contribution in [1.29, 1.82) is 0 Å². The van der Waals surface area contributed by atoms with E-state index < -0.39 is 6.10 Å². The number of hydrogen-bond donors (Lipinski definition) is 0. The Morgan fingerprint density at radius 3 is 0.846 bits per heavy atom. The first-order valence-electron chi connectivity index (χ1n) is 31.5. The van der Waals surface area contributed by atoms with E-state index in [0.29, 0.717) is 19.3 Å². The molecule has 0 heterocycles. The van der Waals surface area contributed by atoms with E-state index in [2.05, 4.69) is 179 Å². The summed E-state index contributed by atoms with van der Waals surface area (Å²) in [6.45, 7) is 6.38. The van der Waals surface area contributed by atoms with Gasteiger partial charge in [0.05, 0.1) is 0 Å². The summed E-state index contributed by atoms with van der Waals surface area (Å²) in [5.74, 6) is -0.956. The lowest BCUT2D eigenvalue weighted by molar-refractivity contribution is -0.167. The van der Waals surface area contributed by atoms with Gasteiger partial charge in [0.25, 0.3) is 0 Å². The summed E-state index contributed by atoms with van der Waals surface area (Å²) in [5, 5.41) is 0. The van der Waals surface area contributed by atoms with Crippen molar-refractivity contribution in [3.63, 3.8) is 0 Å². The highest BCUT2D eigenvalue weighted by Crippen LogP contribution is 2.13. The van der Waals surface area contributed by atoms with Gasteiger partial charge in [-0.1, -0.05) is 249 Å². The van der Waals surface area contributed by atoms with Crippen molar-refractivity contribution in [3.8, 4) is 0 Å². The van der Waals surface area contributed by atoms with Crippen LogP contribution < -0.4 is 0 Å². The number of hydrogen-bond acceptors (Lipinski definition) is 6. The first-order valence-corrected chi connectivity index (χ1v) is 31.5. The highest BCUT2D eigenvalue weighted by molar-refractivity contribution is 5.71. The molecule has 6 heteroatoms. The average Bonchev–Trinajstić information content (AvgIpc) is 3.44. The van der Waals surface area contributed by atoms with E-state index in [1.54, 1.807) is 0 Å². The largest absolute Gasteiger partial charge is 0.462 e. The number of ether oxygens (including phenoxy) is 3. The summed E-state index contributed by atoms with van der Waals surface area (Å²) in [6, 6.07) is 0. The summed E-state index contributed by atoms with van der Waals surface area (Å²) >= 11 is 0. The van der Waals surface area contributed by atoms with E-state index in [-0.39, 0.29) is 31.1 Å². The maximum absolute atomic E-state index is 12.8. The van der Waals surface area contributed by atoms with E-state index in [1.807, 2.05) is 0 Å². The summed E-state index contributed by atoms with van der Waals surface area (Å²) in [5.41, 5.74) is 0. The van der Waals surface area contributed by atoms with Crippen molar-refractivity contribution in [3.05, 3.63) is 158 Å². The highest BCUT2D eigenvalue weighted by Gasteiger charge is 2.19. The fourth-order valence-electron chi connectivity index (χ4n) is 8.03. The third-order valence-electron chi connectivity index (χ3n) is 12.7. The average molecular weight is 1080 g/mol. The van der Waals surface area contributed by atoms with E-state index in [1.165, 1.54) is 38.5 Å². The SMILES string of the molecule is CC/C=C\C/C=C\C/C=C\C/C=C\C/C=C\C/C=C\C/C=C\C/C=C\C/C=C\C/C=C\CCCCCCC(=O)OCC(COC(=O)CCCCCCC/C=C\CCCCC)OC(=O)CCCCCCC/C=C\C/C=C\CCC. The van der Waals surface area contributed by atoms with Gasteiger partial charge in [0.2, 0.25) is 0 Å². The Hall–Kier alpha value is -4.97. The van der Waals surface area contributed by atoms with Crippen LogP contribution in [0.2, 0.25) is 0 Å². The molecule has 438 valence electrons. The molecule has 0 amide bonds. The third kappa shape index (κ3) is 61.9. The second-order valence-corrected chi connectivity index (χ2v) is 20.2. The lowest BCUT2D eigenvalue weighted by atomic mass is 10.1. The van der Waals surface area contributed by atoms with Crippen molar-refractivity contribution in [2.24, 2.45) is 0 Å². The zero-order chi connectivity index (χ0) is 56.4. The molecule has 1 unspecified atom stereocenters. The number of allylic oxidation sites excluding steroid dienone is 26. The molecule has 6 nitrogen and oxygen atoms in total. The molecular weight excluding hydrogens is 961 g/mol. The van der Waals surface area contributed by atoms with Crippen LogP contribution in [-0.4, -0.2) is 37.2 Å². The van der Waals surface area contributed by atoms with E-state index in [4.69, 9.17) is 14.2 Å². The molecule has 0 saturated heterocycles. The lowest BCUT2D eigenvalue weighted by Gasteiger charge is -2.18. The Morgan fingerprint density at radius 1 is 0.269 bits per heavy atom. The van der Waals surface area contributed by atoms with Gasteiger partial charge in [-0.3, -0.25) is 14.4 Å².